The molecular formula is C21H22ClF2NO5S. The van der Waals surface area contributed by atoms with E-state index in [9.17, 15) is 22.0 Å². The van der Waals surface area contributed by atoms with Gasteiger partial charge in [0.2, 0.25) is 10.0 Å². The first-order valence-corrected chi connectivity index (χ1v) is 11.2. The van der Waals surface area contributed by atoms with E-state index in [0.29, 0.717) is 18.7 Å². The van der Waals surface area contributed by atoms with Gasteiger partial charge in [0.05, 0.1) is 4.90 Å². The molecule has 31 heavy (non-hydrogen) atoms. The fourth-order valence-corrected chi connectivity index (χ4v) is 4.35. The number of carbonyl (C=O) groups excluding carboxylic acids is 1. The largest absolute Gasteiger partial charge is 0.458 e. The molecule has 0 atom stereocenters. The van der Waals surface area contributed by atoms with Crippen molar-refractivity contribution in [2.24, 2.45) is 0 Å². The Morgan fingerprint density at radius 1 is 1.13 bits per heavy atom. The first-order chi connectivity index (χ1) is 14.7. The van der Waals surface area contributed by atoms with Crippen molar-refractivity contribution >= 4 is 33.7 Å². The van der Waals surface area contributed by atoms with Crippen LogP contribution in [-0.4, -0.2) is 38.4 Å². The zero-order chi connectivity index (χ0) is 23.0. The first-order valence-electron chi connectivity index (χ1n) is 9.35. The highest BCUT2D eigenvalue weighted by atomic mass is 35.5. The highest BCUT2D eigenvalue weighted by Gasteiger charge is 2.21. The minimum atomic E-state index is -3.56. The lowest BCUT2D eigenvalue weighted by Crippen LogP contribution is -2.30. The highest BCUT2D eigenvalue weighted by Crippen LogP contribution is 2.25. The molecule has 2 rings (SSSR count). The third-order valence-electron chi connectivity index (χ3n) is 4.24. The second kappa shape index (κ2) is 11.2. The Kier molecular flexibility index (Phi) is 8.97. The molecule has 168 valence electrons. The second-order valence-electron chi connectivity index (χ2n) is 6.23. The zero-order valence-electron chi connectivity index (χ0n) is 16.9. The molecule has 0 aromatic heterocycles. The number of nitrogens with zero attached hydrogens (tertiary/aromatic N) is 1. The topological polar surface area (TPSA) is 72.9 Å². The maximum Gasteiger partial charge on any atom is 0.387 e. The predicted octanol–water partition coefficient (Wildman–Crippen LogP) is 4.73. The number of benzene rings is 2. The average Bonchev–Trinajstić information content (AvgIpc) is 2.73. The summed E-state index contributed by atoms with van der Waals surface area (Å²) in [7, 11) is -3.56. The van der Waals surface area contributed by atoms with Crippen molar-refractivity contribution in [2.75, 3.05) is 13.1 Å². The minimum absolute atomic E-state index is 0.138. The molecule has 0 saturated heterocycles. The number of halogens is 3. The van der Waals surface area contributed by atoms with Gasteiger partial charge in [-0.25, -0.2) is 13.2 Å². The third kappa shape index (κ3) is 7.02. The molecule has 0 aliphatic heterocycles. The van der Waals surface area contributed by atoms with Crippen LogP contribution < -0.4 is 4.74 Å². The Hall–Kier alpha value is -2.49. The van der Waals surface area contributed by atoms with Gasteiger partial charge in [0.1, 0.15) is 12.4 Å². The van der Waals surface area contributed by atoms with E-state index in [0.717, 1.165) is 6.08 Å². The van der Waals surface area contributed by atoms with E-state index in [4.69, 9.17) is 16.3 Å². The van der Waals surface area contributed by atoms with Crippen molar-refractivity contribution in [3.63, 3.8) is 0 Å². The van der Waals surface area contributed by atoms with E-state index < -0.39 is 22.6 Å². The van der Waals surface area contributed by atoms with Gasteiger partial charge in [-0.2, -0.15) is 13.1 Å². The summed E-state index contributed by atoms with van der Waals surface area (Å²) in [6, 6.07) is 10.1. The highest BCUT2D eigenvalue weighted by molar-refractivity contribution is 7.89. The van der Waals surface area contributed by atoms with E-state index >= 15 is 0 Å². The van der Waals surface area contributed by atoms with Gasteiger partial charge in [0, 0.05) is 29.8 Å². The fourth-order valence-electron chi connectivity index (χ4n) is 2.70. The van der Waals surface area contributed by atoms with Gasteiger partial charge in [0.25, 0.3) is 0 Å². The second-order valence-corrected chi connectivity index (χ2v) is 8.60. The van der Waals surface area contributed by atoms with Crippen molar-refractivity contribution < 1.29 is 31.5 Å². The Morgan fingerprint density at radius 2 is 1.77 bits per heavy atom. The number of carbonyl (C=O) groups is 1. The summed E-state index contributed by atoms with van der Waals surface area (Å²) in [5, 5.41) is 0.281. The van der Waals surface area contributed by atoms with Crippen molar-refractivity contribution in [1.29, 1.82) is 0 Å². The van der Waals surface area contributed by atoms with Crippen LogP contribution >= 0.6 is 11.6 Å². The minimum Gasteiger partial charge on any atom is -0.458 e. The standard InChI is InChI=1S/C21H22ClF2NO5S/c1-3-25(4-2)31(27,28)18-9-5-15(6-10-18)7-12-20(26)29-14-16-13-17(22)8-11-19(16)30-21(23)24/h5-13,21H,3-4,14H2,1-2H3. The molecule has 0 fully saturated rings. The lowest BCUT2D eigenvalue weighted by atomic mass is 10.2. The van der Waals surface area contributed by atoms with Crippen LogP contribution in [0.5, 0.6) is 5.75 Å². The van der Waals surface area contributed by atoms with Crippen LogP contribution in [0.4, 0.5) is 8.78 Å². The molecule has 10 heteroatoms. The molecule has 6 nitrogen and oxygen atoms in total. The lowest BCUT2D eigenvalue weighted by Gasteiger charge is -2.18. The van der Waals surface area contributed by atoms with E-state index in [1.54, 1.807) is 26.0 Å². The van der Waals surface area contributed by atoms with Crippen molar-refractivity contribution in [1.82, 2.24) is 4.31 Å². The van der Waals surface area contributed by atoms with Gasteiger partial charge in [-0.3, -0.25) is 0 Å². The van der Waals surface area contributed by atoms with E-state index in [-0.39, 0.29) is 27.8 Å². The smallest absolute Gasteiger partial charge is 0.387 e. The van der Waals surface area contributed by atoms with Crippen molar-refractivity contribution in [2.45, 2.75) is 32.0 Å². The molecule has 0 radical (unpaired) electrons. The number of ether oxygens (including phenoxy) is 2. The predicted molar refractivity (Wildman–Crippen MR) is 113 cm³/mol. The summed E-state index contributed by atoms with van der Waals surface area (Å²) in [4.78, 5) is 12.1. The van der Waals surface area contributed by atoms with Crippen LogP contribution in [0.2, 0.25) is 5.02 Å². The molecule has 2 aromatic rings. The summed E-state index contributed by atoms with van der Waals surface area (Å²) < 4.78 is 60.7. The number of alkyl halides is 2. The summed E-state index contributed by atoms with van der Waals surface area (Å²) >= 11 is 5.85. The third-order valence-corrected chi connectivity index (χ3v) is 6.54. The Morgan fingerprint density at radius 3 is 2.35 bits per heavy atom. The Bertz CT molecular complexity index is 1020. The van der Waals surface area contributed by atoms with Crippen LogP contribution in [0.1, 0.15) is 25.0 Å². The molecular weight excluding hydrogens is 452 g/mol. The molecule has 0 bridgehead atoms. The summed E-state index contributed by atoms with van der Waals surface area (Å²) in [5.41, 5.74) is 0.778. The van der Waals surface area contributed by atoms with Gasteiger partial charge >= 0.3 is 12.6 Å². The molecule has 2 aromatic carbocycles. The quantitative estimate of drug-likeness (QED) is 0.368. The maximum absolute atomic E-state index is 12.5. The number of hydrogen-bond donors (Lipinski definition) is 0. The van der Waals surface area contributed by atoms with E-state index in [1.165, 1.54) is 40.7 Å². The van der Waals surface area contributed by atoms with Crippen LogP contribution in [-0.2, 0) is 26.2 Å². The first kappa shape index (κ1) is 24.8. The van der Waals surface area contributed by atoms with E-state index in [2.05, 4.69) is 4.74 Å². The average molecular weight is 474 g/mol. The van der Waals surface area contributed by atoms with Gasteiger partial charge < -0.3 is 9.47 Å². The molecule has 0 aliphatic rings. The Balaban J connectivity index is 2.02. The SMILES string of the molecule is CCN(CC)S(=O)(=O)c1ccc(C=CC(=O)OCc2cc(Cl)ccc2OC(F)F)cc1. The van der Waals surface area contributed by atoms with Gasteiger partial charge in [-0.15, -0.1) is 0 Å². The fraction of sp³-hybridized carbons (Fsp3) is 0.286. The summed E-state index contributed by atoms with van der Waals surface area (Å²) in [5.74, 6) is -0.857. The van der Waals surface area contributed by atoms with Crippen LogP contribution in [0.15, 0.2) is 53.4 Å². The molecule has 0 amide bonds. The van der Waals surface area contributed by atoms with Gasteiger partial charge in [-0.1, -0.05) is 37.6 Å². The van der Waals surface area contributed by atoms with Gasteiger partial charge in [-0.05, 0) is 42.0 Å². The number of esters is 1. The monoisotopic (exact) mass is 473 g/mol. The number of sulfonamides is 1. The van der Waals surface area contributed by atoms with Crippen LogP contribution in [0, 0.1) is 0 Å². The maximum atomic E-state index is 12.5. The number of hydrogen-bond acceptors (Lipinski definition) is 5. The molecule has 0 aliphatic carbocycles. The Labute approximate surface area is 185 Å². The molecule has 0 unspecified atom stereocenters. The zero-order valence-corrected chi connectivity index (χ0v) is 18.5. The molecule has 0 saturated carbocycles. The van der Waals surface area contributed by atoms with Crippen LogP contribution in [0.25, 0.3) is 6.08 Å². The lowest BCUT2D eigenvalue weighted by molar-refractivity contribution is -0.139. The summed E-state index contributed by atoms with van der Waals surface area (Å²) in [6.07, 6.45) is 2.59. The normalized spacial score (nSPS) is 12.0. The number of rotatable bonds is 10. The molecule has 0 heterocycles. The van der Waals surface area contributed by atoms with Crippen molar-refractivity contribution in [3.05, 3.63) is 64.7 Å². The van der Waals surface area contributed by atoms with Crippen LogP contribution in [0.3, 0.4) is 0 Å². The van der Waals surface area contributed by atoms with Gasteiger partial charge in [0.15, 0.2) is 0 Å². The van der Waals surface area contributed by atoms with Crippen molar-refractivity contribution in [3.8, 4) is 5.75 Å². The van der Waals surface area contributed by atoms with E-state index in [1.807, 2.05) is 0 Å². The molecule has 0 spiro atoms. The summed E-state index contributed by atoms with van der Waals surface area (Å²) in [6.45, 7) is 0.911. The molecule has 0 N–H and O–H groups in total.